The topological polar surface area (TPSA) is 75.4 Å². The van der Waals surface area contributed by atoms with E-state index in [0.717, 1.165) is 31.4 Å². The van der Waals surface area contributed by atoms with Gasteiger partial charge in [0.25, 0.3) is 0 Å². The van der Waals surface area contributed by atoms with Gasteiger partial charge in [-0.25, -0.2) is 4.98 Å². The Bertz CT molecular complexity index is 727. The van der Waals surface area contributed by atoms with E-state index < -0.39 is 0 Å². The van der Waals surface area contributed by atoms with E-state index in [0.29, 0.717) is 44.0 Å². The lowest BCUT2D eigenvalue weighted by atomic mass is 10.2. The van der Waals surface area contributed by atoms with Crippen molar-refractivity contribution < 1.29 is 14.0 Å². The molecule has 6 nitrogen and oxygen atoms in total. The zero-order valence-electron chi connectivity index (χ0n) is 14.9. The van der Waals surface area contributed by atoms with Crippen molar-refractivity contribution >= 4 is 11.8 Å². The van der Waals surface area contributed by atoms with E-state index in [1.54, 1.807) is 6.20 Å². The van der Waals surface area contributed by atoms with Gasteiger partial charge in [-0.1, -0.05) is 36.8 Å². The monoisotopic (exact) mass is 355 g/mol. The van der Waals surface area contributed by atoms with E-state index in [4.69, 9.17) is 4.42 Å². The number of benzene rings is 1. The summed E-state index contributed by atoms with van der Waals surface area (Å²) in [5.41, 5.74) is 0.970. The molecule has 2 aromatic rings. The van der Waals surface area contributed by atoms with Crippen LogP contribution in [0.5, 0.6) is 0 Å². The molecule has 2 amide bonds. The van der Waals surface area contributed by atoms with Crippen LogP contribution in [0, 0.1) is 0 Å². The fourth-order valence-corrected chi connectivity index (χ4v) is 3.08. The summed E-state index contributed by atoms with van der Waals surface area (Å²) in [5, 5.41) is 2.88. The Morgan fingerprint density at radius 3 is 2.88 bits per heavy atom. The first kappa shape index (κ1) is 18.2. The third-order valence-electron chi connectivity index (χ3n) is 4.55. The Kier molecular flexibility index (Phi) is 6.41. The van der Waals surface area contributed by atoms with Crippen LogP contribution < -0.4 is 5.32 Å². The predicted octanol–water partition coefficient (Wildman–Crippen LogP) is 2.79. The predicted molar refractivity (Wildman–Crippen MR) is 98.3 cm³/mol. The summed E-state index contributed by atoms with van der Waals surface area (Å²) in [6.45, 7) is 1.88. The van der Waals surface area contributed by atoms with Crippen molar-refractivity contribution in [3.63, 3.8) is 0 Å². The van der Waals surface area contributed by atoms with Gasteiger partial charge < -0.3 is 14.6 Å². The third kappa shape index (κ3) is 5.18. The van der Waals surface area contributed by atoms with E-state index in [-0.39, 0.29) is 11.8 Å². The quantitative estimate of drug-likeness (QED) is 0.829. The van der Waals surface area contributed by atoms with Crippen molar-refractivity contribution in [1.82, 2.24) is 15.2 Å². The maximum Gasteiger partial charge on any atom is 0.222 e. The number of carbonyl (C=O) groups is 2. The number of hydrogen-bond acceptors (Lipinski definition) is 4. The summed E-state index contributed by atoms with van der Waals surface area (Å²) >= 11 is 0. The molecule has 26 heavy (non-hydrogen) atoms. The number of hydrogen-bond donors (Lipinski definition) is 1. The van der Waals surface area contributed by atoms with Crippen molar-refractivity contribution in [3.8, 4) is 11.3 Å². The average molecular weight is 355 g/mol. The van der Waals surface area contributed by atoms with Crippen molar-refractivity contribution in [3.05, 3.63) is 42.4 Å². The number of aromatic nitrogens is 1. The fourth-order valence-electron chi connectivity index (χ4n) is 3.08. The van der Waals surface area contributed by atoms with Gasteiger partial charge >= 0.3 is 0 Å². The molecule has 0 saturated carbocycles. The first-order valence-electron chi connectivity index (χ1n) is 9.27. The second-order valence-electron chi connectivity index (χ2n) is 6.53. The number of oxazole rings is 1. The smallest absolute Gasteiger partial charge is 0.222 e. The number of likely N-dealkylation sites (tertiary alicyclic amines) is 1. The highest BCUT2D eigenvalue weighted by Gasteiger charge is 2.16. The van der Waals surface area contributed by atoms with E-state index >= 15 is 0 Å². The highest BCUT2D eigenvalue weighted by atomic mass is 16.4. The van der Waals surface area contributed by atoms with Gasteiger partial charge in [-0.3, -0.25) is 9.59 Å². The summed E-state index contributed by atoms with van der Waals surface area (Å²) in [6.07, 6.45) is 6.23. The summed E-state index contributed by atoms with van der Waals surface area (Å²) in [7, 11) is 0. The van der Waals surface area contributed by atoms with Gasteiger partial charge in [-0.05, 0) is 12.8 Å². The minimum atomic E-state index is -0.0493. The molecule has 1 aromatic heterocycles. The maximum atomic E-state index is 12.0. The maximum absolute atomic E-state index is 12.0. The summed E-state index contributed by atoms with van der Waals surface area (Å²) in [6, 6.07) is 9.76. The molecular formula is C20H25N3O3. The van der Waals surface area contributed by atoms with Crippen molar-refractivity contribution in [1.29, 1.82) is 0 Å². The molecule has 1 saturated heterocycles. The van der Waals surface area contributed by atoms with Crippen LogP contribution >= 0.6 is 0 Å². The molecular weight excluding hydrogens is 330 g/mol. The second kappa shape index (κ2) is 9.17. The van der Waals surface area contributed by atoms with Gasteiger partial charge in [0.2, 0.25) is 11.8 Å². The molecule has 1 aliphatic rings. The number of aryl methyl sites for hydroxylation is 1. The first-order valence-corrected chi connectivity index (χ1v) is 9.27. The molecule has 1 fully saturated rings. The Hall–Kier alpha value is -2.63. The molecule has 1 aliphatic heterocycles. The van der Waals surface area contributed by atoms with Crippen LogP contribution in [0.15, 0.2) is 40.9 Å². The summed E-state index contributed by atoms with van der Waals surface area (Å²) in [4.78, 5) is 30.0. The van der Waals surface area contributed by atoms with Crippen LogP contribution in [0.3, 0.4) is 0 Å². The van der Waals surface area contributed by atoms with Crippen LogP contribution in [-0.2, 0) is 16.0 Å². The van der Waals surface area contributed by atoms with Crippen LogP contribution in [0.1, 0.15) is 38.0 Å². The molecule has 6 heteroatoms. The van der Waals surface area contributed by atoms with Gasteiger partial charge in [0, 0.05) is 44.5 Å². The van der Waals surface area contributed by atoms with Crippen LogP contribution in [0.4, 0.5) is 0 Å². The minimum Gasteiger partial charge on any atom is -0.441 e. The lowest BCUT2D eigenvalue weighted by Gasteiger charge is -2.20. The highest BCUT2D eigenvalue weighted by Crippen LogP contribution is 2.20. The molecule has 0 bridgehead atoms. The largest absolute Gasteiger partial charge is 0.441 e. The lowest BCUT2D eigenvalue weighted by molar-refractivity contribution is -0.131. The van der Waals surface area contributed by atoms with Crippen molar-refractivity contribution in [2.24, 2.45) is 0 Å². The molecule has 1 aromatic carbocycles. The molecule has 138 valence electrons. The molecule has 0 radical (unpaired) electrons. The standard InChI is InChI=1S/C20H25N3O3/c24-18(21-12-14-23-13-6-2-5-9-20(23)25)10-11-19-22-15-17(26-19)16-7-3-1-4-8-16/h1,3-4,7-8,15H,2,5-6,9-14H2,(H,21,24). The zero-order chi connectivity index (χ0) is 18.2. The number of nitrogens with one attached hydrogen (secondary N) is 1. The lowest BCUT2D eigenvalue weighted by Crippen LogP contribution is -2.38. The van der Waals surface area contributed by atoms with Crippen LogP contribution in [0.25, 0.3) is 11.3 Å². The first-order chi connectivity index (χ1) is 12.7. The van der Waals surface area contributed by atoms with Crippen LogP contribution in [-0.4, -0.2) is 41.3 Å². The van der Waals surface area contributed by atoms with Gasteiger partial charge in [0.15, 0.2) is 11.7 Å². The SMILES string of the molecule is O=C(CCc1ncc(-c2ccccc2)o1)NCCN1CCCCCC1=O. The molecule has 2 heterocycles. The van der Waals surface area contributed by atoms with Gasteiger partial charge in [-0.15, -0.1) is 0 Å². The zero-order valence-corrected chi connectivity index (χ0v) is 14.9. The Morgan fingerprint density at radius 2 is 2.04 bits per heavy atom. The number of nitrogens with zero attached hydrogens (tertiary/aromatic N) is 2. The second-order valence-corrected chi connectivity index (χ2v) is 6.53. The molecule has 0 unspecified atom stereocenters. The van der Waals surface area contributed by atoms with E-state index in [1.165, 1.54) is 0 Å². The van der Waals surface area contributed by atoms with Gasteiger partial charge in [0.05, 0.1) is 6.20 Å². The summed E-state index contributed by atoms with van der Waals surface area (Å²) in [5.74, 6) is 1.42. The molecule has 0 aliphatic carbocycles. The Balaban J connectivity index is 1.39. The van der Waals surface area contributed by atoms with Gasteiger partial charge in [0.1, 0.15) is 0 Å². The Labute approximate surface area is 153 Å². The normalized spacial score (nSPS) is 14.9. The van der Waals surface area contributed by atoms with Crippen molar-refractivity contribution in [2.45, 2.75) is 38.5 Å². The summed E-state index contributed by atoms with van der Waals surface area (Å²) < 4.78 is 5.70. The molecule has 3 rings (SSSR count). The average Bonchev–Trinajstić information content (AvgIpc) is 3.05. The number of rotatable bonds is 7. The highest BCUT2D eigenvalue weighted by molar-refractivity contribution is 5.77. The minimum absolute atomic E-state index is 0.0493. The molecule has 1 N–H and O–H groups in total. The van der Waals surface area contributed by atoms with Crippen LogP contribution in [0.2, 0.25) is 0 Å². The molecule has 0 atom stereocenters. The molecule has 0 spiro atoms. The van der Waals surface area contributed by atoms with Gasteiger partial charge in [-0.2, -0.15) is 0 Å². The third-order valence-corrected chi connectivity index (χ3v) is 4.55. The number of carbonyl (C=O) groups excluding carboxylic acids is 2. The van der Waals surface area contributed by atoms with E-state index in [2.05, 4.69) is 10.3 Å². The fraction of sp³-hybridized carbons (Fsp3) is 0.450. The Morgan fingerprint density at radius 1 is 1.19 bits per heavy atom. The van der Waals surface area contributed by atoms with E-state index in [9.17, 15) is 9.59 Å². The number of amides is 2. The van der Waals surface area contributed by atoms with Crippen molar-refractivity contribution in [2.75, 3.05) is 19.6 Å². The van der Waals surface area contributed by atoms with E-state index in [1.807, 2.05) is 35.2 Å².